The van der Waals surface area contributed by atoms with Crippen LogP contribution in [-0.2, 0) is 0 Å². The summed E-state index contributed by atoms with van der Waals surface area (Å²) in [4.78, 5) is 4.51. The van der Waals surface area contributed by atoms with Gasteiger partial charge in [0, 0.05) is 28.5 Å². The zero-order valence-electron chi connectivity index (χ0n) is 9.33. The molecule has 1 heterocycles. The molecule has 3 heteroatoms. The van der Waals surface area contributed by atoms with E-state index in [9.17, 15) is 0 Å². The summed E-state index contributed by atoms with van der Waals surface area (Å²) < 4.78 is 0. The van der Waals surface area contributed by atoms with Gasteiger partial charge in [0.2, 0.25) is 0 Å². The average Bonchev–Trinajstić information content (AvgIpc) is 3.03. The Kier molecular flexibility index (Phi) is 1.99. The summed E-state index contributed by atoms with van der Waals surface area (Å²) in [7, 11) is 0. The largest absolute Gasteiger partial charge is 0.399 e. The zero-order valence-corrected chi connectivity index (χ0v) is 9.33. The molecule has 0 radical (unpaired) electrons. The Morgan fingerprint density at radius 3 is 2.88 bits per heavy atom. The molecule has 1 aromatic heterocycles. The van der Waals surface area contributed by atoms with Crippen molar-refractivity contribution in [1.29, 1.82) is 0 Å². The van der Waals surface area contributed by atoms with E-state index in [4.69, 9.17) is 5.73 Å². The molecule has 82 valence electrons. The molecule has 1 aliphatic rings. The van der Waals surface area contributed by atoms with E-state index in [1.807, 2.05) is 25.1 Å². The van der Waals surface area contributed by atoms with Crippen LogP contribution in [0.2, 0.25) is 0 Å². The number of anilines is 2. The number of nitrogen functional groups attached to an aromatic ring is 1. The molecule has 3 N–H and O–H groups in total. The summed E-state index contributed by atoms with van der Waals surface area (Å²) in [6.07, 6.45) is 2.54. The van der Waals surface area contributed by atoms with Crippen molar-refractivity contribution in [2.45, 2.75) is 25.8 Å². The Bertz CT molecular complexity index is 544. The van der Waals surface area contributed by atoms with E-state index in [0.717, 1.165) is 28.0 Å². The molecule has 0 unspecified atom stereocenters. The molecule has 3 nitrogen and oxygen atoms in total. The van der Waals surface area contributed by atoms with Gasteiger partial charge in [0.15, 0.2) is 0 Å². The molecule has 0 atom stereocenters. The Balaban J connectivity index is 2.18. The van der Waals surface area contributed by atoms with Crippen molar-refractivity contribution in [2.75, 3.05) is 11.1 Å². The molecule has 2 aromatic rings. The number of hydrogen-bond donors (Lipinski definition) is 2. The smallest absolute Gasteiger partial charge is 0.0727 e. The fourth-order valence-corrected chi connectivity index (χ4v) is 1.94. The topological polar surface area (TPSA) is 50.9 Å². The van der Waals surface area contributed by atoms with Gasteiger partial charge in [0.05, 0.1) is 5.52 Å². The van der Waals surface area contributed by atoms with Gasteiger partial charge in [0.1, 0.15) is 0 Å². The highest BCUT2D eigenvalue weighted by atomic mass is 15.0. The van der Waals surface area contributed by atoms with Crippen molar-refractivity contribution >= 4 is 22.3 Å². The number of aryl methyl sites for hydroxylation is 1. The summed E-state index contributed by atoms with van der Waals surface area (Å²) in [6, 6.07) is 8.62. The molecule has 0 saturated heterocycles. The number of fused-ring (bicyclic) bond motifs is 1. The monoisotopic (exact) mass is 213 g/mol. The van der Waals surface area contributed by atoms with Crippen molar-refractivity contribution in [3.8, 4) is 0 Å². The molecule has 1 fully saturated rings. The lowest BCUT2D eigenvalue weighted by atomic mass is 10.1. The normalized spacial score (nSPS) is 15.3. The second-order valence-corrected chi connectivity index (χ2v) is 4.51. The van der Waals surface area contributed by atoms with Crippen LogP contribution in [0.1, 0.15) is 18.5 Å². The highest BCUT2D eigenvalue weighted by molar-refractivity contribution is 5.93. The van der Waals surface area contributed by atoms with Crippen molar-refractivity contribution in [3.05, 3.63) is 30.0 Å². The van der Waals surface area contributed by atoms with E-state index in [2.05, 4.69) is 16.4 Å². The predicted molar refractivity (Wildman–Crippen MR) is 67.5 cm³/mol. The molecular formula is C13H15N3. The van der Waals surface area contributed by atoms with E-state index in [0.29, 0.717) is 6.04 Å². The van der Waals surface area contributed by atoms with E-state index >= 15 is 0 Å². The van der Waals surface area contributed by atoms with Gasteiger partial charge in [-0.05, 0) is 44.0 Å². The Morgan fingerprint density at radius 2 is 2.12 bits per heavy atom. The van der Waals surface area contributed by atoms with Crippen LogP contribution in [0.3, 0.4) is 0 Å². The number of rotatable bonds is 2. The first-order valence-corrected chi connectivity index (χ1v) is 5.66. The fraction of sp³-hybridized carbons (Fsp3) is 0.308. The van der Waals surface area contributed by atoms with Gasteiger partial charge in [-0.1, -0.05) is 0 Å². The third-order valence-electron chi connectivity index (χ3n) is 2.90. The van der Waals surface area contributed by atoms with Gasteiger partial charge in [-0.15, -0.1) is 0 Å². The summed E-state index contributed by atoms with van der Waals surface area (Å²) in [5, 5.41) is 4.65. The summed E-state index contributed by atoms with van der Waals surface area (Å²) in [6.45, 7) is 2.02. The lowest BCUT2D eigenvalue weighted by Gasteiger charge is -2.10. The number of aromatic nitrogens is 1. The van der Waals surface area contributed by atoms with Gasteiger partial charge in [-0.3, -0.25) is 4.98 Å². The molecule has 0 amide bonds. The Morgan fingerprint density at radius 1 is 1.31 bits per heavy atom. The van der Waals surface area contributed by atoms with Crippen LogP contribution in [0.25, 0.3) is 10.9 Å². The van der Waals surface area contributed by atoms with Crippen LogP contribution in [0.5, 0.6) is 0 Å². The van der Waals surface area contributed by atoms with Crippen LogP contribution in [0.4, 0.5) is 11.4 Å². The van der Waals surface area contributed by atoms with Crippen LogP contribution in [0, 0.1) is 6.92 Å². The predicted octanol–water partition coefficient (Wildman–Crippen LogP) is 2.70. The maximum Gasteiger partial charge on any atom is 0.0727 e. The number of benzene rings is 1. The van der Waals surface area contributed by atoms with Gasteiger partial charge in [-0.25, -0.2) is 0 Å². The fourth-order valence-electron chi connectivity index (χ4n) is 1.94. The van der Waals surface area contributed by atoms with Gasteiger partial charge < -0.3 is 11.1 Å². The number of hydrogen-bond acceptors (Lipinski definition) is 3. The minimum Gasteiger partial charge on any atom is -0.399 e. The molecule has 0 aliphatic heterocycles. The summed E-state index contributed by atoms with van der Waals surface area (Å²) in [5.74, 6) is 0. The van der Waals surface area contributed by atoms with Crippen molar-refractivity contribution < 1.29 is 0 Å². The minimum absolute atomic E-state index is 0.645. The van der Waals surface area contributed by atoms with Crippen LogP contribution >= 0.6 is 0 Å². The molecule has 16 heavy (non-hydrogen) atoms. The Labute approximate surface area is 94.7 Å². The Hall–Kier alpha value is -1.77. The SMILES string of the molecule is Cc1cc(NC2CC2)c2cc(N)ccc2n1. The molecule has 1 saturated carbocycles. The van der Waals surface area contributed by atoms with Crippen LogP contribution < -0.4 is 11.1 Å². The zero-order chi connectivity index (χ0) is 11.1. The minimum atomic E-state index is 0.645. The molecular weight excluding hydrogens is 198 g/mol. The van der Waals surface area contributed by atoms with Crippen molar-refractivity contribution in [3.63, 3.8) is 0 Å². The summed E-state index contributed by atoms with van der Waals surface area (Å²) >= 11 is 0. The third-order valence-corrected chi connectivity index (χ3v) is 2.90. The number of nitrogens with one attached hydrogen (secondary N) is 1. The lowest BCUT2D eigenvalue weighted by molar-refractivity contribution is 1.15. The van der Waals surface area contributed by atoms with Gasteiger partial charge >= 0.3 is 0 Å². The molecule has 1 aromatic carbocycles. The molecule has 3 rings (SSSR count). The lowest BCUT2D eigenvalue weighted by Crippen LogP contribution is -2.03. The van der Waals surface area contributed by atoms with Crippen molar-refractivity contribution in [2.24, 2.45) is 0 Å². The molecule has 1 aliphatic carbocycles. The molecule has 0 bridgehead atoms. The van der Waals surface area contributed by atoms with Crippen LogP contribution in [0.15, 0.2) is 24.3 Å². The average molecular weight is 213 g/mol. The number of pyridine rings is 1. The third kappa shape index (κ3) is 1.69. The van der Waals surface area contributed by atoms with E-state index < -0.39 is 0 Å². The van der Waals surface area contributed by atoms with Crippen LogP contribution in [-0.4, -0.2) is 11.0 Å². The number of nitrogens with zero attached hydrogens (tertiary/aromatic N) is 1. The first-order valence-electron chi connectivity index (χ1n) is 5.66. The summed E-state index contributed by atoms with van der Waals surface area (Å²) in [5.41, 5.74) is 9.83. The first-order chi connectivity index (χ1) is 7.72. The van der Waals surface area contributed by atoms with E-state index in [1.54, 1.807) is 0 Å². The maximum atomic E-state index is 5.82. The maximum absolute atomic E-state index is 5.82. The van der Waals surface area contributed by atoms with Crippen molar-refractivity contribution in [1.82, 2.24) is 4.98 Å². The molecule has 0 spiro atoms. The van der Waals surface area contributed by atoms with Gasteiger partial charge in [0.25, 0.3) is 0 Å². The van der Waals surface area contributed by atoms with Gasteiger partial charge in [-0.2, -0.15) is 0 Å². The quantitative estimate of drug-likeness (QED) is 0.754. The first kappa shape index (κ1) is 9.46. The second-order valence-electron chi connectivity index (χ2n) is 4.51. The number of nitrogens with two attached hydrogens (primary N) is 1. The highest BCUT2D eigenvalue weighted by Crippen LogP contribution is 2.30. The van der Waals surface area contributed by atoms with E-state index in [-0.39, 0.29) is 0 Å². The second kappa shape index (κ2) is 3.37. The standard InChI is InChI=1S/C13H15N3/c1-8-6-13(16-10-3-4-10)11-7-9(14)2-5-12(11)15-8/h2,5-7,10H,3-4,14H2,1H3,(H,15,16). The van der Waals surface area contributed by atoms with E-state index in [1.165, 1.54) is 12.8 Å². The highest BCUT2D eigenvalue weighted by Gasteiger charge is 2.21.